The standard InChI is InChI=1S/C20H14N2/c1-2-6-18-17(5-1)9-10-20-19(18)12-16(14-22-20)8-7-15-4-3-11-21-13-15/h1-14H/b8-7+. The Balaban J connectivity index is 1.83. The quantitative estimate of drug-likeness (QED) is 0.486. The number of aromatic nitrogens is 2. The Morgan fingerprint density at radius 3 is 2.55 bits per heavy atom. The molecular weight excluding hydrogens is 268 g/mol. The van der Waals surface area contributed by atoms with Crippen molar-refractivity contribution in [1.82, 2.24) is 9.97 Å². The number of hydrogen-bond donors (Lipinski definition) is 0. The molecule has 2 nitrogen and oxygen atoms in total. The third kappa shape index (κ3) is 2.35. The van der Waals surface area contributed by atoms with Gasteiger partial charge in [0.05, 0.1) is 5.52 Å². The molecule has 0 saturated heterocycles. The van der Waals surface area contributed by atoms with Crippen LogP contribution >= 0.6 is 0 Å². The molecular formula is C20H14N2. The average Bonchev–Trinajstić information content (AvgIpc) is 2.60. The molecule has 0 unspecified atom stereocenters. The number of hydrogen-bond acceptors (Lipinski definition) is 2. The summed E-state index contributed by atoms with van der Waals surface area (Å²) >= 11 is 0. The maximum Gasteiger partial charge on any atom is 0.0708 e. The SMILES string of the molecule is C(=C\c1cnc2ccc3ccccc3c2c1)/c1cccnc1. The van der Waals surface area contributed by atoms with Gasteiger partial charge >= 0.3 is 0 Å². The van der Waals surface area contributed by atoms with Crippen LogP contribution in [0.4, 0.5) is 0 Å². The van der Waals surface area contributed by atoms with Crippen LogP contribution in [-0.2, 0) is 0 Å². The van der Waals surface area contributed by atoms with Crippen molar-refractivity contribution >= 4 is 33.8 Å². The lowest BCUT2D eigenvalue weighted by molar-refractivity contribution is 1.32. The molecule has 4 aromatic rings. The zero-order valence-corrected chi connectivity index (χ0v) is 12.0. The van der Waals surface area contributed by atoms with Crippen molar-refractivity contribution in [2.45, 2.75) is 0 Å². The third-order valence-electron chi connectivity index (χ3n) is 3.76. The van der Waals surface area contributed by atoms with E-state index in [4.69, 9.17) is 0 Å². The van der Waals surface area contributed by atoms with Gasteiger partial charge in [-0.15, -0.1) is 0 Å². The molecule has 0 atom stereocenters. The second-order valence-corrected chi connectivity index (χ2v) is 5.24. The maximum atomic E-state index is 4.58. The average molecular weight is 282 g/mol. The molecule has 2 aromatic carbocycles. The molecule has 0 aliphatic heterocycles. The second-order valence-electron chi connectivity index (χ2n) is 5.24. The summed E-state index contributed by atoms with van der Waals surface area (Å²) in [5.74, 6) is 0. The first-order valence-electron chi connectivity index (χ1n) is 7.26. The van der Waals surface area contributed by atoms with Gasteiger partial charge in [0.15, 0.2) is 0 Å². The van der Waals surface area contributed by atoms with E-state index in [0.29, 0.717) is 0 Å². The second kappa shape index (κ2) is 5.41. The van der Waals surface area contributed by atoms with Crippen molar-refractivity contribution in [3.63, 3.8) is 0 Å². The Morgan fingerprint density at radius 1 is 0.727 bits per heavy atom. The van der Waals surface area contributed by atoms with Crippen LogP contribution in [0.2, 0.25) is 0 Å². The summed E-state index contributed by atoms with van der Waals surface area (Å²) in [6.07, 6.45) is 9.66. The molecule has 0 aliphatic rings. The van der Waals surface area contributed by atoms with Gasteiger partial charge in [-0.05, 0) is 40.1 Å². The minimum absolute atomic E-state index is 1.03. The van der Waals surface area contributed by atoms with Gasteiger partial charge in [-0.3, -0.25) is 9.97 Å². The fourth-order valence-electron chi connectivity index (χ4n) is 2.65. The van der Waals surface area contributed by atoms with Crippen LogP contribution in [0.3, 0.4) is 0 Å². The molecule has 0 saturated carbocycles. The molecule has 0 fully saturated rings. The minimum Gasteiger partial charge on any atom is -0.264 e. The Labute approximate surface area is 128 Å². The first-order chi connectivity index (χ1) is 10.9. The minimum atomic E-state index is 1.03. The molecule has 0 bridgehead atoms. The zero-order chi connectivity index (χ0) is 14.8. The third-order valence-corrected chi connectivity index (χ3v) is 3.76. The Morgan fingerprint density at radius 2 is 1.64 bits per heavy atom. The summed E-state index contributed by atoms with van der Waals surface area (Å²) < 4.78 is 0. The van der Waals surface area contributed by atoms with Gasteiger partial charge in [0.25, 0.3) is 0 Å². The molecule has 0 N–H and O–H groups in total. The highest BCUT2D eigenvalue weighted by Crippen LogP contribution is 2.25. The van der Waals surface area contributed by atoms with E-state index in [-0.39, 0.29) is 0 Å². The number of benzene rings is 2. The van der Waals surface area contributed by atoms with E-state index in [1.165, 1.54) is 16.2 Å². The van der Waals surface area contributed by atoms with Crippen LogP contribution in [0.1, 0.15) is 11.1 Å². The lowest BCUT2D eigenvalue weighted by Crippen LogP contribution is -1.83. The van der Waals surface area contributed by atoms with Crippen LogP contribution in [0.5, 0.6) is 0 Å². The number of nitrogens with zero attached hydrogens (tertiary/aromatic N) is 2. The summed E-state index contributed by atoms with van der Waals surface area (Å²) in [7, 11) is 0. The topological polar surface area (TPSA) is 25.8 Å². The van der Waals surface area contributed by atoms with Gasteiger partial charge in [-0.1, -0.05) is 48.6 Å². The highest BCUT2D eigenvalue weighted by molar-refractivity contribution is 6.06. The van der Waals surface area contributed by atoms with E-state index in [9.17, 15) is 0 Å². The zero-order valence-electron chi connectivity index (χ0n) is 12.0. The van der Waals surface area contributed by atoms with Crippen LogP contribution < -0.4 is 0 Å². The molecule has 104 valence electrons. The van der Waals surface area contributed by atoms with Crippen LogP contribution in [0.25, 0.3) is 33.8 Å². The van der Waals surface area contributed by atoms with Crippen molar-refractivity contribution in [2.24, 2.45) is 0 Å². The van der Waals surface area contributed by atoms with E-state index in [1.807, 2.05) is 24.5 Å². The van der Waals surface area contributed by atoms with E-state index >= 15 is 0 Å². The molecule has 2 heteroatoms. The van der Waals surface area contributed by atoms with Crippen molar-refractivity contribution in [1.29, 1.82) is 0 Å². The van der Waals surface area contributed by atoms with Gasteiger partial charge in [0, 0.05) is 24.0 Å². The molecule has 0 aliphatic carbocycles. The van der Waals surface area contributed by atoms with E-state index in [1.54, 1.807) is 6.20 Å². The molecule has 0 radical (unpaired) electrons. The van der Waals surface area contributed by atoms with Crippen LogP contribution in [-0.4, -0.2) is 9.97 Å². The molecule has 4 rings (SSSR count). The number of rotatable bonds is 2. The highest BCUT2D eigenvalue weighted by Gasteiger charge is 2.01. The molecule has 22 heavy (non-hydrogen) atoms. The number of pyridine rings is 2. The predicted molar refractivity (Wildman–Crippen MR) is 92.4 cm³/mol. The van der Waals surface area contributed by atoms with Crippen LogP contribution in [0.15, 0.2) is 73.2 Å². The van der Waals surface area contributed by atoms with Gasteiger partial charge in [0.2, 0.25) is 0 Å². The van der Waals surface area contributed by atoms with E-state index in [0.717, 1.165) is 16.6 Å². The van der Waals surface area contributed by atoms with Gasteiger partial charge in [-0.2, -0.15) is 0 Å². The van der Waals surface area contributed by atoms with Crippen molar-refractivity contribution in [2.75, 3.05) is 0 Å². The fourth-order valence-corrected chi connectivity index (χ4v) is 2.65. The van der Waals surface area contributed by atoms with E-state index < -0.39 is 0 Å². The smallest absolute Gasteiger partial charge is 0.0708 e. The van der Waals surface area contributed by atoms with Crippen molar-refractivity contribution < 1.29 is 0 Å². The lowest BCUT2D eigenvalue weighted by atomic mass is 10.0. The normalized spacial score (nSPS) is 11.5. The summed E-state index contributed by atoms with van der Waals surface area (Å²) in [6.45, 7) is 0. The largest absolute Gasteiger partial charge is 0.264 e. The van der Waals surface area contributed by atoms with Crippen molar-refractivity contribution in [3.8, 4) is 0 Å². The van der Waals surface area contributed by atoms with Crippen molar-refractivity contribution in [3.05, 3.63) is 84.3 Å². The van der Waals surface area contributed by atoms with Crippen LogP contribution in [0, 0.1) is 0 Å². The van der Waals surface area contributed by atoms with Gasteiger partial charge in [0.1, 0.15) is 0 Å². The molecule has 0 spiro atoms. The first kappa shape index (κ1) is 12.7. The van der Waals surface area contributed by atoms with Gasteiger partial charge < -0.3 is 0 Å². The molecule has 0 amide bonds. The fraction of sp³-hybridized carbons (Fsp3) is 0. The van der Waals surface area contributed by atoms with E-state index in [2.05, 4.69) is 64.6 Å². The molecule has 2 heterocycles. The highest BCUT2D eigenvalue weighted by atomic mass is 14.6. The first-order valence-corrected chi connectivity index (χ1v) is 7.26. The maximum absolute atomic E-state index is 4.58. The van der Waals surface area contributed by atoms with Gasteiger partial charge in [-0.25, -0.2) is 0 Å². The summed E-state index contributed by atoms with van der Waals surface area (Å²) in [6, 6.07) is 18.8. The predicted octanol–water partition coefficient (Wildman–Crippen LogP) is 4.95. The monoisotopic (exact) mass is 282 g/mol. The number of fused-ring (bicyclic) bond motifs is 3. The summed E-state index contributed by atoms with van der Waals surface area (Å²) in [5.41, 5.74) is 3.20. The summed E-state index contributed by atoms with van der Waals surface area (Å²) in [4.78, 5) is 8.70. The molecule has 2 aromatic heterocycles. The Kier molecular flexibility index (Phi) is 3.13. The summed E-state index contributed by atoms with van der Waals surface area (Å²) in [5, 5.41) is 3.67. The Hall–Kier alpha value is -3.00. The Bertz CT molecular complexity index is 972. The lowest BCUT2D eigenvalue weighted by Gasteiger charge is -2.04.